The van der Waals surface area contributed by atoms with Crippen molar-refractivity contribution in [3.63, 3.8) is 0 Å². The molecule has 1 aliphatic carbocycles. The molecule has 1 aromatic heterocycles. The lowest BCUT2D eigenvalue weighted by molar-refractivity contribution is -0.140. The fourth-order valence-electron chi connectivity index (χ4n) is 6.92. The van der Waals surface area contributed by atoms with E-state index in [1.165, 1.54) is 10.5 Å². The van der Waals surface area contributed by atoms with Crippen molar-refractivity contribution in [2.24, 2.45) is 17.8 Å². The number of amides is 2. The van der Waals surface area contributed by atoms with Crippen LogP contribution in [-0.4, -0.2) is 40.1 Å². The summed E-state index contributed by atoms with van der Waals surface area (Å²) < 4.78 is 6.18. The Hall–Kier alpha value is -3.46. The first-order valence-electron chi connectivity index (χ1n) is 14.4. The summed E-state index contributed by atoms with van der Waals surface area (Å²) in [5.74, 6) is -1.05. The number of imide groups is 1. The molecule has 3 heterocycles. The molecule has 2 fully saturated rings. The van der Waals surface area contributed by atoms with Crippen LogP contribution in [0, 0.1) is 17.8 Å². The highest BCUT2D eigenvalue weighted by Crippen LogP contribution is 2.51. The number of aromatic hydroxyl groups is 1. The van der Waals surface area contributed by atoms with Gasteiger partial charge in [-0.1, -0.05) is 67.1 Å². The largest absolute Gasteiger partial charge is 0.507 e. The Morgan fingerprint density at radius 1 is 1.05 bits per heavy atom. The van der Waals surface area contributed by atoms with Gasteiger partial charge in [-0.3, -0.25) is 14.5 Å². The minimum absolute atomic E-state index is 0.0899. The molecule has 210 valence electrons. The quantitative estimate of drug-likeness (QED) is 0.147. The average Bonchev–Trinajstić information content (AvgIpc) is 3.58. The van der Waals surface area contributed by atoms with Gasteiger partial charge in [0.05, 0.1) is 24.5 Å². The van der Waals surface area contributed by atoms with Crippen molar-refractivity contribution >= 4 is 41.9 Å². The molecule has 0 unspecified atom stereocenters. The number of hydrogen-bond acceptors (Lipinski definition) is 6. The molecule has 41 heavy (non-hydrogen) atoms. The number of phenolic OH excluding ortho intramolecular Hbond substituents is 1. The molecule has 2 aliphatic heterocycles. The summed E-state index contributed by atoms with van der Waals surface area (Å²) in [5, 5.41) is 23.3. The maximum Gasteiger partial charge on any atom is 0.455 e. The third-order valence-corrected chi connectivity index (χ3v) is 9.67. The zero-order valence-corrected chi connectivity index (χ0v) is 23.9. The van der Waals surface area contributed by atoms with Crippen molar-refractivity contribution < 1.29 is 24.4 Å². The molecule has 2 amide bonds. The van der Waals surface area contributed by atoms with Crippen molar-refractivity contribution in [1.29, 1.82) is 0 Å². The molecule has 6 rings (SSSR count). The SMILES string of the molecule is CCC1=C2[C@@H](CC/C(=C/c3ccccc3O)c3ccccc3)OB(O)C[C@@H]2[C@@H]2C(=O)N(Cc3cccs3)C(=O)[C@@H]2C1. The molecule has 0 spiro atoms. The summed E-state index contributed by atoms with van der Waals surface area (Å²) in [6.45, 7) is 2.41. The van der Waals surface area contributed by atoms with Crippen LogP contribution < -0.4 is 0 Å². The van der Waals surface area contributed by atoms with Crippen LogP contribution in [0.25, 0.3) is 11.6 Å². The van der Waals surface area contributed by atoms with Gasteiger partial charge in [-0.2, -0.15) is 0 Å². The lowest BCUT2D eigenvalue weighted by atomic mass is 9.58. The van der Waals surface area contributed by atoms with Crippen molar-refractivity contribution in [2.45, 2.75) is 51.6 Å². The molecule has 0 saturated carbocycles. The minimum atomic E-state index is -0.998. The van der Waals surface area contributed by atoms with Gasteiger partial charge in [-0.05, 0) is 78.2 Å². The van der Waals surface area contributed by atoms with E-state index >= 15 is 0 Å². The van der Waals surface area contributed by atoms with Gasteiger partial charge in [0.15, 0.2) is 0 Å². The standard InChI is InChI=1S/C33H34BNO5S/c1-2-21-18-26-31(33(38)35(32(26)37)20-25-12-8-16-41-25)27-19-34(39)40-29(30(21)27)15-14-23(22-9-4-3-5-10-22)17-24-11-6-7-13-28(24)36/h3-13,16-17,26-27,29,31,36,39H,2,14-15,18-20H2,1H3/b23-17-/t26-,27+,29-,31-/m1/s1. The summed E-state index contributed by atoms with van der Waals surface area (Å²) >= 11 is 1.55. The van der Waals surface area contributed by atoms with Crippen LogP contribution in [0.1, 0.15) is 48.6 Å². The van der Waals surface area contributed by atoms with Gasteiger partial charge in [0, 0.05) is 10.4 Å². The second-order valence-corrected chi connectivity index (χ2v) is 12.2. The van der Waals surface area contributed by atoms with Gasteiger partial charge in [-0.25, -0.2) is 0 Å². The number of phenols is 1. The number of carbonyl (C=O) groups is 2. The first-order chi connectivity index (χ1) is 19.9. The van der Waals surface area contributed by atoms with E-state index in [9.17, 15) is 19.7 Å². The Balaban J connectivity index is 1.29. The molecule has 0 bridgehead atoms. The third kappa shape index (κ3) is 5.44. The smallest absolute Gasteiger partial charge is 0.455 e. The van der Waals surface area contributed by atoms with E-state index in [1.807, 2.05) is 53.9 Å². The second kappa shape index (κ2) is 11.8. The van der Waals surface area contributed by atoms with E-state index in [-0.39, 0.29) is 35.5 Å². The first kappa shape index (κ1) is 27.7. The highest BCUT2D eigenvalue weighted by Gasteiger charge is 2.57. The Kier molecular flexibility index (Phi) is 7.97. The maximum absolute atomic E-state index is 13.8. The molecule has 8 heteroatoms. The number of allylic oxidation sites excluding steroid dienone is 2. The summed E-state index contributed by atoms with van der Waals surface area (Å²) in [7, 11) is -0.998. The van der Waals surface area contributed by atoms with Crippen molar-refractivity contribution in [3.8, 4) is 5.75 Å². The van der Waals surface area contributed by atoms with Gasteiger partial charge in [0.1, 0.15) is 5.75 Å². The van der Waals surface area contributed by atoms with E-state index in [0.717, 1.165) is 33.6 Å². The van der Waals surface area contributed by atoms with E-state index < -0.39 is 13.0 Å². The second-order valence-electron chi connectivity index (χ2n) is 11.1. The average molecular weight is 568 g/mol. The van der Waals surface area contributed by atoms with Crippen LogP contribution in [0.5, 0.6) is 5.75 Å². The molecule has 2 N–H and O–H groups in total. The Morgan fingerprint density at radius 3 is 2.56 bits per heavy atom. The summed E-state index contributed by atoms with van der Waals surface area (Å²) in [5.41, 5.74) is 5.13. The Bertz CT molecular complexity index is 1480. The summed E-state index contributed by atoms with van der Waals surface area (Å²) in [6, 6.07) is 21.2. The van der Waals surface area contributed by atoms with Crippen molar-refractivity contribution in [3.05, 3.63) is 99.3 Å². The summed E-state index contributed by atoms with van der Waals surface area (Å²) in [4.78, 5) is 29.7. The number of rotatable bonds is 8. The zero-order chi connectivity index (χ0) is 28.5. The van der Waals surface area contributed by atoms with E-state index in [4.69, 9.17) is 4.65 Å². The molecule has 3 aromatic rings. The summed E-state index contributed by atoms with van der Waals surface area (Å²) in [6.07, 6.45) is 4.57. The molecule has 3 aliphatic rings. The van der Waals surface area contributed by atoms with Crippen molar-refractivity contribution in [2.75, 3.05) is 0 Å². The van der Waals surface area contributed by atoms with Crippen molar-refractivity contribution in [1.82, 2.24) is 4.90 Å². The molecule has 2 aromatic carbocycles. The monoisotopic (exact) mass is 567 g/mol. The van der Waals surface area contributed by atoms with E-state index in [2.05, 4.69) is 19.1 Å². The lowest BCUT2D eigenvalue weighted by Gasteiger charge is -2.43. The van der Waals surface area contributed by atoms with E-state index in [1.54, 1.807) is 23.5 Å². The molecule has 2 saturated heterocycles. The van der Waals surface area contributed by atoms with Crippen LogP contribution in [0.2, 0.25) is 6.32 Å². The molecular weight excluding hydrogens is 533 g/mol. The highest BCUT2D eigenvalue weighted by molar-refractivity contribution is 7.09. The van der Waals surface area contributed by atoms with Crippen LogP contribution in [0.15, 0.2) is 83.3 Å². The number of para-hydroxylation sites is 1. The Morgan fingerprint density at radius 2 is 1.83 bits per heavy atom. The van der Waals surface area contributed by atoms with Gasteiger partial charge >= 0.3 is 7.12 Å². The molecule has 6 nitrogen and oxygen atoms in total. The van der Waals surface area contributed by atoms with Gasteiger partial charge < -0.3 is 14.8 Å². The number of nitrogens with zero attached hydrogens (tertiary/aromatic N) is 1. The molecule has 4 atom stereocenters. The topological polar surface area (TPSA) is 87.1 Å². The zero-order valence-electron chi connectivity index (χ0n) is 23.1. The molecule has 0 radical (unpaired) electrons. The van der Waals surface area contributed by atoms with Crippen LogP contribution in [0.4, 0.5) is 0 Å². The van der Waals surface area contributed by atoms with E-state index in [0.29, 0.717) is 32.1 Å². The fourth-order valence-corrected chi connectivity index (χ4v) is 7.61. The maximum atomic E-state index is 13.8. The highest BCUT2D eigenvalue weighted by atomic mass is 32.1. The van der Waals surface area contributed by atoms with Gasteiger partial charge in [0.25, 0.3) is 0 Å². The number of hydrogen-bond donors (Lipinski definition) is 2. The lowest BCUT2D eigenvalue weighted by Crippen LogP contribution is -2.46. The van der Waals surface area contributed by atoms with Crippen LogP contribution >= 0.6 is 11.3 Å². The number of carbonyl (C=O) groups excluding carboxylic acids is 2. The molecular formula is C33H34BNO5S. The van der Waals surface area contributed by atoms with Gasteiger partial charge in [-0.15, -0.1) is 11.3 Å². The predicted molar refractivity (Wildman–Crippen MR) is 162 cm³/mol. The van der Waals surface area contributed by atoms with Crippen LogP contribution in [-0.2, 0) is 20.8 Å². The normalized spacial score (nSPS) is 24.6. The predicted octanol–water partition coefficient (Wildman–Crippen LogP) is 6.18. The number of likely N-dealkylation sites (tertiary alicyclic amines) is 1. The first-order valence-corrected chi connectivity index (χ1v) is 15.3. The minimum Gasteiger partial charge on any atom is -0.507 e. The van der Waals surface area contributed by atoms with Crippen LogP contribution in [0.3, 0.4) is 0 Å². The Labute approximate surface area is 245 Å². The number of thiophene rings is 1. The van der Waals surface area contributed by atoms with Gasteiger partial charge in [0.2, 0.25) is 11.8 Å². The number of fused-ring (bicyclic) bond motifs is 3. The number of benzene rings is 2. The fraction of sp³-hybridized carbons (Fsp3) is 0.333. The third-order valence-electron chi connectivity index (χ3n) is 8.81.